The minimum Gasteiger partial charge on any atom is -0.486 e. The molecule has 31 heavy (non-hydrogen) atoms. The van der Waals surface area contributed by atoms with Gasteiger partial charge in [0.05, 0.1) is 0 Å². The van der Waals surface area contributed by atoms with Crippen molar-refractivity contribution in [1.82, 2.24) is 15.2 Å². The molecule has 9 heteroatoms. The number of benzene rings is 2. The van der Waals surface area contributed by atoms with Crippen LogP contribution in [0.1, 0.15) is 5.56 Å². The number of fused-ring (bicyclic) bond motifs is 2. The SMILES string of the molecule is O=C(CN1C(=O)NC(Cc2c[nH]c3ccccc23)C1=O)Nc1ccc2c(c1)OCCO2. The number of ether oxygens (including phenoxy) is 2. The van der Waals surface area contributed by atoms with E-state index in [9.17, 15) is 14.4 Å². The summed E-state index contributed by atoms with van der Waals surface area (Å²) in [4.78, 5) is 41.7. The van der Waals surface area contributed by atoms with E-state index in [2.05, 4.69) is 15.6 Å². The minimum atomic E-state index is -0.714. The topological polar surface area (TPSA) is 113 Å². The number of aromatic amines is 1. The van der Waals surface area contributed by atoms with E-state index in [1.807, 2.05) is 30.5 Å². The van der Waals surface area contributed by atoms with Gasteiger partial charge in [0.2, 0.25) is 5.91 Å². The number of hydrogen-bond donors (Lipinski definition) is 3. The highest BCUT2D eigenvalue weighted by Gasteiger charge is 2.39. The molecule has 0 aliphatic carbocycles. The van der Waals surface area contributed by atoms with Crippen molar-refractivity contribution in [3.05, 3.63) is 54.2 Å². The van der Waals surface area contributed by atoms with Gasteiger partial charge in [-0.05, 0) is 23.8 Å². The fourth-order valence-electron chi connectivity index (χ4n) is 3.85. The Hall–Kier alpha value is -4.01. The van der Waals surface area contributed by atoms with Crippen LogP contribution in [0.15, 0.2) is 48.7 Å². The van der Waals surface area contributed by atoms with Gasteiger partial charge >= 0.3 is 6.03 Å². The van der Waals surface area contributed by atoms with Crippen molar-refractivity contribution in [2.75, 3.05) is 25.1 Å². The zero-order valence-corrected chi connectivity index (χ0v) is 16.5. The highest BCUT2D eigenvalue weighted by molar-refractivity contribution is 6.08. The number of urea groups is 1. The molecule has 2 aliphatic rings. The molecule has 0 bridgehead atoms. The van der Waals surface area contributed by atoms with E-state index < -0.39 is 23.9 Å². The number of hydrogen-bond acceptors (Lipinski definition) is 5. The zero-order valence-electron chi connectivity index (χ0n) is 16.5. The van der Waals surface area contributed by atoms with E-state index in [4.69, 9.17) is 9.47 Å². The van der Waals surface area contributed by atoms with Gasteiger partial charge in [-0.3, -0.25) is 14.5 Å². The average molecular weight is 420 g/mol. The molecule has 3 N–H and O–H groups in total. The Labute approximate surface area is 177 Å². The van der Waals surface area contributed by atoms with Crippen LogP contribution in [0.25, 0.3) is 10.9 Å². The third-order valence-electron chi connectivity index (χ3n) is 5.33. The predicted octanol–water partition coefficient (Wildman–Crippen LogP) is 2.04. The lowest BCUT2D eigenvalue weighted by atomic mass is 10.1. The van der Waals surface area contributed by atoms with Crippen LogP contribution in [0, 0.1) is 0 Å². The summed E-state index contributed by atoms with van der Waals surface area (Å²) >= 11 is 0. The Bertz CT molecular complexity index is 1190. The molecule has 0 spiro atoms. The Morgan fingerprint density at radius 3 is 2.77 bits per heavy atom. The Morgan fingerprint density at radius 2 is 1.90 bits per heavy atom. The smallest absolute Gasteiger partial charge is 0.325 e. The van der Waals surface area contributed by atoms with Crippen molar-refractivity contribution in [2.24, 2.45) is 0 Å². The number of rotatable bonds is 5. The maximum Gasteiger partial charge on any atom is 0.325 e. The summed E-state index contributed by atoms with van der Waals surface area (Å²) in [5.41, 5.74) is 2.39. The van der Waals surface area contributed by atoms with Gasteiger partial charge in [-0.15, -0.1) is 0 Å². The van der Waals surface area contributed by atoms with Gasteiger partial charge in [-0.1, -0.05) is 18.2 Å². The Balaban J connectivity index is 1.24. The number of nitrogens with zero attached hydrogens (tertiary/aromatic N) is 1. The Kier molecular flexibility index (Phi) is 4.70. The monoisotopic (exact) mass is 420 g/mol. The standard InChI is InChI=1S/C22H20N4O5/c27-20(24-14-5-6-18-19(10-14)31-8-7-30-18)12-26-21(28)17(25-22(26)29)9-13-11-23-16-4-2-1-3-15(13)16/h1-6,10-11,17,23H,7-9,12H2,(H,24,27)(H,25,29). The molecular weight excluding hydrogens is 400 g/mol. The van der Waals surface area contributed by atoms with Crippen LogP contribution in [0.2, 0.25) is 0 Å². The normalized spacial score (nSPS) is 17.7. The summed E-state index contributed by atoms with van der Waals surface area (Å²) in [6.07, 6.45) is 2.18. The molecule has 9 nitrogen and oxygen atoms in total. The molecule has 158 valence electrons. The molecule has 1 aromatic heterocycles. The van der Waals surface area contributed by atoms with Gasteiger partial charge in [0, 0.05) is 35.3 Å². The lowest BCUT2D eigenvalue weighted by molar-refractivity contribution is -0.130. The largest absolute Gasteiger partial charge is 0.486 e. The Morgan fingerprint density at radius 1 is 1.10 bits per heavy atom. The highest BCUT2D eigenvalue weighted by Crippen LogP contribution is 2.32. The second-order valence-electron chi connectivity index (χ2n) is 7.40. The van der Waals surface area contributed by atoms with Crippen LogP contribution in [0.5, 0.6) is 11.5 Å². The van der Waals surface area contributed by atoms with Gasteiger partial charge in [-0.25, -0.2) is 4.79 Å². The van der Waals surface area contributed by atoms with E-state index in [1.165, 1.54) is 0 Å². The lowest BCUT2D eigenvalue weighted by Crippen LogP contribution is -2.38. The first-order chi connectivity index (χ1) is 15.1. The number of amides is 4. The molecule has 4 amide bonds. The summed E-state index contributed by atoms with van der Waals surface area (Å²) in [5.74, 6) is 0.247. The number of carbonyl (C=O) groups is 3. The number of H-pyrrole nitrogens is 1. The van der Waals surface area contributed by atoms with E-state index in [0.717, 1.165) is 21.4 Å². The van der Waals surface area contributed by atoms with E-state index >= 15 is 0 Å². The fourth-order valence-corrected chi connectivity index (χ4v) is 3.85. The van der Waals surface area contributed by atoms with Crippen LogP contribution >= 0.6 is 0 Å². The second-order valence-corrected chi connectivity index (χ2v) is 7.40. The van der Waals surface area contributed by atoms with Gasteiger partial charge in [0.25, 0.3) is 5.91 Å². The van der Waals surface area contributed by atoms with Crippen LogP contribution in [0.3, 0.4) is 0 Å². The van der Waals surface area contributed by atoms with Gasteiger partial charge in [-0.2, -0.15) is 0 Å². The van der Waals surface area contributed by atoms with Gasteiger partial charge in [0.15, 0.2) is 11.5 Å². The molecule has 0 radical (unpaired) electrons. The number of nitrogens with one attached hydrogen (secondary N) is 3. The average Bonchev–Trinajstić information content (AvgIpc) is 3.30. The van der Waals surface area contributed by atoms with Crippen molar-refractivity contribution >= 4 is 34.4 Å². The minimum absolute atomic E-state index is 0.342. The third kappa shape index (κ3) is 3.65. The van der Waals surface area contributed by atoms with Crippen LogP contribution in [-0.4, -0.2) is 53.5 Å². The quantitative estimate of drug-likeness (QED) is 0.547. The first kappa shape index (κ1) is 19.0. The van der Waals surface area contributed by atoms with Crippen molar-refractivity contribution in [3.8, 4) is 11.5 Å². The van der Waals surface area contributed by atoms with Crippen LogP contribution < -0.4 is 20.1 Å². The summed E-state index contributed by atoms with van der Waals surface area (Å²) in [6.45, 7) is 0.540. The first-order valence-electron chi connectivity index (χ1n) is 9.95. The fraction of sp³-hybridized carbons (Fsp3) is 0.227. The van der Waals surface area contributed by atoms with Crippen LogP contribution in [0.4, 0.5) is 10.5 Å². The molecule has 1 saturated heterocycles. The van der Waals surface area contributed by atoms with Crippen molar-refractivity contribution in [2.45, 2.75) is 12.5 Å². The van der Waals surface area contributed by atoms with Gasteiger partial charge in [0.1, 0.15) is 25.8 Å². The van der Waals surface area contributed by atoms with E-state index in [-0.39, 0.29) is 6.54 Å². The number of para-hydroxylation sites is 1. The summed E-state index contributed by atoms with van der Waals surface area (Å²) < 4.78 is 11.0. The van der Waals surface area contributed by atoms with Crippen molar-refractivity contribution < 1.29 is 23.9 Å². The number of aromatic nitrogens is 1. The maximum atomic E-state index is 12.8. The van der Waals surface area contributed by atoms with Crippen LogP contribution in [-0.2, 0) is 16.0 Å². The molecule has 1 atom stereocenters. The van der Waals surface area contributed by atoms with Gasteiger partial charge < -0.3 is 25.1 Å². The first-order valence-corrected chi connectivity index (χ1v) is 9.95. The summed E-state index contributed by atoms with van der Waals surface area (Å²) in [6, 6.07) is 11.5. The summed E-state index contributed by atoms with van der Waals surface area (Å²) in [5, 5.41) is 6.36. The molecule has 3 aromatic rings. The molecular formula is C22H20N4O5. The zero-order chi connectivity index (χ0) is 21.4. The highest BCUT2D eigenvalue weighted by atomic mass is 16.6. The lowest BCUT2D eigenvalue weighted by Gasteiger charge is -2.19. The number of imide groups is 1. The maximum absolute atomic E-state index is 12.8. The molecule has 2 aliphatic heterocycles. The molecule has 5 rings (SSSR count). The van der Waals surface area contributed by atoms with Crippen molar-refractivity contribution in [1.29, 1.82) is 0 Å². The molecule has 1 unspecified atom stereocenters. The molecule has 0 saturated carbocycles. The molecule has 3 heterocycles. The predicted molar refractivity (Wildman–Crippen MR) is 112 cm³/mol. The molecule has 1 fully saturated rings. The number of carbonyl (C=O) groups excluding carboxylic acids is 3. The second kappa shape index (κ2) is 7.67. The van der Waals surface area contributed by atoms with E-state index in [0.29, 0.717) is 36.8 Å². The van der Waals surface area contributed by atoms with Crippen molar-refractivity contribution in [3.63, 3.8) is 0 Å². The third-order valence-corrected chi connectivity index (χ3v) is 5.33. The number of anilines is 1. The molecule has 2 aromatic carbocycles. The summed E-state index contributed by atoms with van der Waals surface area (Å²) in [7, 11) is 0. The van der Waals surface area contributed by atoms with E-state index in [1.54, 1.807) is 18.2 Å².